The number of nitrogens with one attached hydrogen (secondary N) is 2. The number of hydrogen-bond donors (Lipinski definition) is 3. The predicted octanol–water partition coefficient (Wildman–Crippen LogP) is 9.41. The van der Waals surface area contributed by atoms with Crippen LogP contribution >= 0.6 is 0 Å². The van der Waals surface area contributed by atoms with Crippen molar-refractivity contribution in [2.75, 3.05) is 56.6 Å². The molecule has 1 unspecified atom stereocenters. The number of nitro benzene ring substituents is 1. The minimum atomic E-state index is -4.84. The molecular weight excluding hydrogens is 914 g/mol. The van der Waals surface area contributed by atoms with Gasteiger partial charge in [-0.3, -0.25) is 24.7 Å². The second-order valence-corrected chi connectivity index (χ2v) is 21.8. The van der Waals surface area contributed by atoms with Crippen LogP contribution in [0, 0.1) is 21.4 Å². The molecule has 1 amide bonds. The van der Waals surface area contributed by atoms with Crippen LogP contribution in [0.3, 0.4) is 0 Å². The molecular formula is C51H63F3N6O8S. The van der Waals surface area contributed by atoms with E-state index >= 15 is 0 Å². The number of nitrogens with zero attached hydrogens (tertiary/aromatic N) is 4. The fourth-order valence-electron chi connectivity index (χ4n) is 11.0. The molecule has 14 nitrogen and oxygen atoms in total. The van der Waals surface area contributed by atoms with Crippen molar-refractivity contribution in [2.45, 2.75) is 114 Å². The quantitative estimate of drug-likeness (QED) is 0.0764. The maximum absolute atomic E-state index is 13.3. The van der Waals surface area contributed by atoms with Crippen molar-refractivity contribution in [1.29, 1.82) is 0 Å². The van der Waals surface area contributed by atoms with Crippen LogP contribution in [0.5, 0.6) is 11.5 Å². The Morgan fingerprint density at radius 2 is 1.62 bits per heavy atom. The summed E-state index contributed by atoms with van der Waals surface area (Å²) in [7, 11) is -3.13. The summed E-state index contributed by atoms with van der Waals surface area (Å²) in [4.78, 5) is 31.4. The van der Waals surface area contributed by atoms with Crippen molar-refractivity contribution in [3.8, 4) is 11.5 Å². The van der Waals surface area contributed by atoms with Gasteiger partial charge in [0.15, 0.2) is 11.5 Å². The van der Waals surface area contributed by atoms with E-state index in [-0.39, 0.29) is 40.1 Å². The normalized spacial score (nSPS) is 22.5. The standard InChI is InChI=1S/C51H63F3N6O8S/c1-34(2)41-7-5-6-8-42(41)45-33-57(32-36-9-16-46(67-4)47(27-36)68-51(52,53)54)25-26-59(45)39-29-50(30-39)21-23-58(24-22-50)38-12-10-37(11-13-38)48(61)56-69(65,66)40-14-15-43(44(28-40)60(63)64)55-31-35-17-19-49(3,62)20-18-35/h5-16,27-28,34-35,39,45,55,62H,17-26,29-33H2,1-4H3,(H,56,61). The molecule has 0 radical (unpaired) electrons. The lowest BCUT2D eigenvalue weighted by molar-refractivity contribution is -0.384. The number of ether oxygens (including phenoxy) is 2. The molecule has 2 aliphatic heterocycles. The highest BCUT2D eigenvalue weighted by molar-refractivity contribution is 7.90. The third-order valence-electron chi connectivity index (χ3n) is 14.9. The van der Waals surface area contributed by atoms with Gasteiger partial charge in [-0.05, 0) is 141 Å². The molecule has 4 aromatic rings. The van der Waals surface area contributed by atoms with Crippen molar-refractivity contribution in [3.63, 3.8) is 0 Å². The van der Waals surface area contributed by atoms with Crippen molar-refractivity contribution in [1.82, 2.24) is 14.5 Å². The molecule has 8 rings (SSSR count). The van der Waals surface area contributed by atoms with Gasteiger partial charge in [0.2, 0.25) is 0 Å². The van der Waals surface area contributed by atoms with Crippen LogP contribution in [0.25, 0.3) is 0 Å². The van der Waals surface area contributed by atoms with Crippen LogP contribution in [-0.4, -0.2) is 98.5 Å². The molecule has 0 aromatic heterocycles. The van der Waals surface area contributed by atoms with Gasteiger partial charge >= 0.3 is 6.36 Å². The van der Waals surface area contributed by atoms with Gasteiger partial charge < -0.3 is 24.8 Å². The molecule has 18 heteroatoms. The molecule has 2 aliphatic carbocycles. The van der Waals surface area contributed by atoms with E-state index in [1.807, 2.05) is 12.1 Å². The fourth-order valence-corrected chi connectivity index (χ4v) is 11.9. The number of alkyl halides is 3. The molecule has 2 saturated carbocycles. The van der Waals surface area contributed by atoms with Crippen LogP contribution in [-0.2, 0) is 16.6 Å². The highest BCUT2D eigenvalue weighted by Gasteiger charge is 2.50. The molecule has 4 fully saturated rings. The number of carbonyl (C=O) groups is 1. The Bertz CT molecular complexity index is 2590. The average molecular weight is 977 g/mol. The predicted molar refractivity (Wildman–Crippen MR) is 257 cm³/mol. The van der Waals surface area contributed by atoms with E-state index in [2.05, 4.69) is 67.6 Å². The first-order valence-corrected chi connectivity index (χ1v) is 25.4. The Morgan fingerprint density at radius 1 is 0.928 bits per heavy atom. The second-order valence-electron chi connectivity index (χ2n) is 20.1. The number of piperazine rings is 1. The Hall–Kier alpha value is -5.43. The van der Waals surface area contributed by atoms with E-state index in [9.17, 15) is 41.6 Å². The van der Waals surface area contributed by atoms with E-state index in [1.54, 1.807) is 25.1 Å². The zero-order chi connectivity index (χ0) is 49.3. The number of methoxy groups -OCH3 is 1. The van der Waals surface area contributed by atoms with Crippen LogP contribution in [0.15, 0.2) is 89.8 Å². The molecule has 372 valence electrons. The van der Waals surface area contributed by atoms with Gasteiger partial charge in [0, 0.05) is 75.2 Å². The van der Waals surface area contributed by atoms with Gasteiger partial charge in [-0.1, -0.05) is 44.2 Å². The Labute approximate surface area is 402 Å². The molecule has 1 spiro atoms. The number of rotatable bonds is 15. The summed E-state index contributed by atoms with van der Waals surface area (Å²) in [5.74, 6) is -0.653. The highest BCUT2D eigenvalue weighted by atomic mass is 32.2. The van der Waals surface area contributed by atoms with Gasteiger partial charge in [0.05, 0.1) is 22.5 Å². The monoisotopic (exact) mass is 976 g/mol. The fraction of sp³-hybridized carbons (Fsp3) is 0.510. The summed E-state index contributed by atoms with van der Waals surface area (Å²) in [5.41, 5.74) is 3.60. The van der Waals surface area contributed by atoms with Crippen molar-refractivity contribution in [3.05, 3.63) is 117 Å². The summed E-state index contributed by atoms with van der Waals surface area (Å²) in [5, 5.41) is 25.3. The van der Waals surface area contributed by atoms with Gasteiger partial charge in [0.25, 0.3) is 21.6 Å². The molecule has 4 aromatic carbocycles. The summed E-state index contributed by atoms with van der Waals surface area (Å²) in [6.07, 6.45) is 2.11. The van der Waals surface area contributed by atoms with Gasteiger partial charge in [-0.2, -0.15) is 0 Å². The molecule has 4 aliphatic rings. The molecule has 1 atom stereocenters. The number of halogens is 3. The highest BCUT2D eigenvalue weighted by Crippen LogP contribution is 2.53. The zero-order valence-corrected chi connectivity index (χ0v) is 40.5. The van der Waals surface area contributed by atoms with E-state index in [0.29, 0.717) is 43.5 Å². The van der Waals surface area contributed by atoms with E-state index in [1.165, 1.54) is 42.5 Å². The number of piperidine rings is 1. The third-order valence-corrected chi connectivity index (χ3v) is 16.3. The van der Waals surface area contributed by atoms with E-state index in [0.717, 1.165) is 83.0 Å². The average Bonchev–Trinajstić information content (AvgIpc) is 3.30. The van der Waals surface area contributed by atoms with Gasteiger partial charge in [-0.15, -0.1) is 13.2 Å². The Morgan fingerprint density at radius 3 is 2.28 bits per heavy atom. The van der Waals surface area contributed by atoms with Crippen molar-refractivity contribution in [2.24, 2.45) is 11.3 Å². The van der Waals surface area contributed by atoms with E-state index < -0.39 is 43.4 Å². The SMILES string of the molecule is COc1ccc(CN2CCN(C3CC4(CCN(c5ccc(C(=O)NS(=O)(=O)c6ccc(NCC7CCC(C)(O)CC7)c([N+](=O)[O-])c6)cc5)CC4)C3)C(c3ccccc3C(C)C)C2)cc1OC(F)(F)F. The Balaban J connectivity index is 0.864. The number of benzene rings is 4. The summed E-state index contributed by atoms with van der Waals surface area (Å²) in [6, 6.07) is 24.1. The first-order chi connectivity index (χ1) is 32.7. The summed E-state index contributed by atoms with van der Waals surface area (Å²) < 4.78 is 77.9. The van der Waals surface area contributed by atoms with Crippen LogP contribution < -0.4 is 24.4 Å². The van der Waals surface area contributed by atoms with Crippen LogP contribution in [0.2, 0.25) is 0 Å². The smallest absolute Gasteiger partial charge is 0.493 e. The molecule has 3 N–H and O–H groups in total. The zero-order valence-electron chi connectivity index (χ0n) is 39.6. The number of hydrogen-bond acceptors (Lipinski definition) is 12. The number of sulfonamides is 1. The minimum Gasteiger partial charge on any atom is -0.493 e. The van der Waals surface area contributed by atoms with Gasteiger partial charge in [0.1, 0.15) is 5.69 Å². The summed E-state index contributed by atoms with van der Waals surface area (Å²) >= 11 is 0. The summed E-state index contributed by atoms with van der Waals surface area (Å²) in [6.45, 7) is 11.1. The van der Waals surface area contributed by atoms with E-state index in [4.69, 9.17) is 4.74 Å². The number of amides is 1. The maximum Gasteiger partial charge on any atom is 0.573 e. The topological polar surface area (TPSA) is 167 Å². The van der Waals surface area contributed by atoms with Crippen molar-refractivity contribution < 1.29 is 45.9 Å². The number of anilines is 2. The van der Waals surface area contributed by atoms with Gasteiger partial charge in [-0.25, -0.2) is 13.1 Å². The first-order valence-electron chi connectivity index (χ1n) is 23.9. The van der Waals surface area contributed by atoms with Crippen LogP contribution in [0.1, 0.15) is 111 Å². The molecule has 69 heavy (non-hydrogen) atoms. The second kappa shape index (κ2) is 20.1. The lowest BCUT2D eigenvalue weighted by Crippen LogP contribution is -2.60. The number of carbonyl (C=O) groups excluding carboxylic acids is 1. The lowest BCUT2D eigenvalue weighted by Gasteiger charge is -2.58. The molecule has 2 saturated heterocycles. The van der Waals surface area contributed by atoms with Crippen molar-refractivity contribution >= 4 is 33.0 Å². The largest absolute Gasteiger partial charge is 0.573 e. The first kappa shape index (κ1) is 50.0. The number of aliphatic hydroxyl groups is 1. The number of nitro groups is 1. The third kappa shape index (κ3) is 11.8. The van der Waals surface area contributed by atoms with Crippen LogP contribution in [0.4, 0.5) is 30.2 Å². The lowest BCUT2D eigenvalue weighted by atomic mass is 9.59. The molecule has 2 heterocycles. The minimum absolute atomic E-state index is 0.0248. The molecule has 0 bridgehead atoms. The Kier molecular flexibility index (Phi) is 14.6. The maximum atomic E-state index is 13.3.